The molecule has 0 aromatic heterocycles. The fourth-order valence-corrected chi connectivity index (χ4v) is 6.50. The molecule has 1 amide bonds. The summed E-state index contributed by atoms with van der Waals surface area (Å²) in [7, 11) is 1.63. The molecule has 3 aliphatic rings. The van der Waals surface area contributed by atoms with Crippen molar-refractivity contribution in [3.63, 3.8) is 0 Å². The average molecular weight is 494 g/mol. The van der Waals surface area contributed by atoms with Crippen LogP contribution in [0.4, 0.5) is 0 Å². The van der Waals surface area contributed by atoms with Gasteiger partial charge < -0.3 is 24.2 Å². The van der Waals surface area contributed by atoms with Gasteiger partial charge in [0.05, 0.1) is 31.8 Å². The van der Waals surface area contributed by atoms with Crippen molar-refractivity contribution in [1.29, 1.82) is 0 Å². The average Bonchev–Trinajstić information content (AvgIpc) is 3.26. The highest BCUT2D eigenvalue weighted by atomic mass is 16.5. The highest BCUT2D eigenvalue weighted by molar-refractivity contribution is 5.81. The fourth-order valence-electron chi connectivity index (χ4n) is 6.50. The molecule has 36 heavy (non-hydrogen) atoms. The number of carbonyl (C=O) groups excluding carboxylic acids is 1. The van der Waals surface area contributed by atoms with Gasteiger partial charge in [0.1, 0.15) is 17.1 Å². The summed E-state index contributed by atoms with van der Waals surface area (Å²) < 4.78 is 18.6. The van der Waals surface area contributed by atoms with Crippen LogP contribution in [0, 0.1) is 12.8 Å². The molecule has 192 valence electrons. The van der Waals surface area contributed by atoms with Gasteiger partial charge in [-0.1, -0.05) is 35.9 Å². The Hall–Kier alpha value is -3.06. The van der Waals surface area contributed by atoms with E-state index in [-0.39, 0.29) is 30.8 Å². The van der Waals surface area contributed by atoms with E-state index in [1.807, 2.05) is 61.2 Å². The van der Waals surface area contributed by atoms with Crippen molar-refractivity contribution < 1.29 is 28.9 Å². The minimum Gasteiger partial charge on any atom is -0.496 e. The molecule has 1 N–H and O–H groups in total. The minimum absolute atomic E-state index is 0.0185. The maximum Gasteiger partial charge on any atom is 0.303 e. The molecule has 2 saturated heterocycles. The summed E-state index contributed by atoms with van der Waals surface area (Å²) in [6, 6.07) is 13.8. The van der Waals surface area contributed by atoms with Gasteiger partial charge in [-0.25, -0.2) is 0 Å². The van der Waals surface area contributed by atoms with Gasteiger partial charge in [0.2, 0.25) is 5.91 Å². The number of likely N-dealkylation sites (tertiary alicyclic amines) is 1. The third-order valence-corrected chi connectivity index (χ3v) is 8.36. The first-order chi connectivity index (χ1) is 17.2. The van der Waals surface area contributed by atoms with E-state index < -0.39 is 17.1 Å². The number of rotatable bonds is 6. The summed E-state index contributed by atoms with van der Waals surface area (Å²) >= 11 is 0. The number of aliphatic carboxylic acids is 1. The number of carbonyl (C=O) groups is 2. The zero-order chi connectivity index (χ0) is 25.5. The van der Waals surface area contributed by atoms with Crippen LogP contribution in [0.3, 0.4) is 0 Å². The minimum atomic E-state index is -0.841. The van der Waals surface area contributed by atoms with E-state index in [4.69, 9.17) is 14.2 Å². The first-order valence-corrected chi connectivity index (χ1v) is 12.8. The number of aryl methyl sites for hydroxylation is 1. The van der Waals surface area contributed by atoms with E-state index in [1.54, 1.807) is 7.11 Å². The number of hydrogen-bond acceptors (Lipinski definition) is 5. The Morgan fingerprint density at radius 3 is 2.81 bits per heavy atom. The quantitative estimate of drug-likeness (QED) is 0.628. The molecule has 7 nitrogen and oxygen atoms in total. The first kappa shape index (κ1) is 24.6. The third-order valence-electron chi connectivity index (χ3n) is 8.36. The normalized spacial score (nSPS) is 28.8. The van der Waals surface area contributed by atoms with Gasteiger partial charge in [0, 0.05) is 30.0 Å². The van der Waals surface area contributed by atoms with Crippen LogP contribution in [0.15, 0.2) is 42.5 Å². The lowest BCUT2D eigenvalue weighted by atomic mass is 9.68. The van der Waals surface area contributed by atoms with Crippen LogP contribution >= 0.6 is 0 Å². The van der Waals surface area contributed by atoms with E-state index in [0.717, 1.165) is 47.5 Å². The van der Waals surface area contributed by atoms with E-state index in [1.165, 1.54) is 0 Å². The fraction of sp³-hybridized carbons (Fsp3) is 0.517. The predicted molar refractivity (Wildman–Crippen MR) is 134 cm³/mol. The molecule has 0 saturated carbocycles. The Labute approximate surface area is 212 Å². The smallest absolute Gasteiger partial charge is 0.303 e. The molecule has 0 aliphatic carbocycles. The number of para-hydroxylation sites is 1. The third kappa shape index (κ3) is 4.34. The monoisotopic (exact) mass is 493 g/mol. The van der Waals surface area contributed by atoms with E-state index in [0.29, 0.717) is 19.6 Å². The Morgan fingerprint density at radius 2 is 2.03 bits per heavy atom. The number of ether oxygens (including phenoxy) is 3. The maximum absolute atomic E-state index is 13.7. The first-order valence-electron chi connectivity index (χ1n) is 12.8. The summed E-state index contributed by atoms with van der Waals surface area (Å²) in [6.45, 7) is 5.18. The predicted octanol–water partition coefficient (Wildman–Crippen LogP) is 4.70. The van der Waals surface area contributed by atoms with Crippen molar-refractivity contribution in [3.05, 3.63) is 59.2 Å². The maximum atomic E-state index is 13.7. The van der Waals surface area contributed by atoms with E-state index in [2.05, 4.69) is 0 Å². The largest absolute Gasteiger partial charge is 0.496 e. The second kappa shape index (κ2) is 9.43. The van der Waals surface area contributed by atoms with Crippen LogP contribution in [0.5, 0.6) is 11.5 Å². The van der Waals surface area contributed by atoms with Gasteiger partial charge in [0.25, 0.3) is 0 Å². The Kier molecular flexibility index (Phi) is 6.45. The molecule has 2 aromatic rings. The van der Waals surface area contributed by atoms with Gasteiger partial charge in [-0.05, 0) is 51.7 Å². The zero-order valence-electron chi connectivity index (χ0n) is 21.3. The van der Waals surface area contributed by atoms with Crippen molar-refractivity contribution in [2.24, 2.45) is 5.92 Å². The Balaban J connectivity index is 1.44. The van der Waals surface area contributed by atoms with Gasteiger partial charge in [0.15, 0.2) is 0 Å². The van der Waals surface area contributed by atoms with Gasteiger partial charge in [-0.2, -0.15) is 0 Å². The number of benzene rings is 2. The molecule has 0 unspecified atom stereocenters. The van der Waals surface area contributed by atoms with Crippen LogP contribution in [-0.4, -0.2) is 53.3 Å². The second-order valence-electron chi connectivity index (χ2n) is 10.8. The van der Waals surface area contributed by atoms with Crippen molar-refractivity contribution in [2.75, 3.05) is 20.3 Å². The van der Waals surface area contributed by atoms with Gasteiger partial charge in [-0.15, -0.1) is 0 Å². The molecule has 3 aliphatic heterocycles. The molecule has 3 heterocycles. The highest BCUT2D eigenvalue weighted by Crippen LogP contribution is 2.55. The lowest BCUT2D eigenvalue weighted by molar-refractivity contribution is -0.179. The number of methoxy groups -OCH3 is 1. The molecule has 4 atom stereocenters. The second-order valence-corrected chi connectivity index (χ2v) is 10.8. The summed E-state index contributed by atoms with van der Waals surface area (Å²) in [6.07, 6.45) is 2.99. The summed E-state index contributed by atoms with van der Waals surface area (Å²) in [5.41, 5.74) is 1.86. The molecule has 2 aromatic carbocycles. The number of fused-ring (bicyclic) bond motifs is 3. The van der Waals surface area contributed by atoms with Crippen LogP contribution in [0.1, 0.15) is 61.8 Å². The summed E-state index contributed by atoms with van der Waals surface area (Å²) in [4.78, 5) is 27.2. The molecule has 7 heteroatoms. The molecule has 5 rings (SSSR count). The summed E-state index contributed by atoms with van der Waals surface area (Å²) in [5, 5.41) is 9.42. The molecular formula is C29H35NO6. The van der Waals surface area contributed by atoms with Gasteiger partial charge >= 0.3 is 5.97 Å². The molecule has 0 radical (unpaired) electrons. The van der Waals surface area contributed by atoms with Crippen molar-refractivity contribution >= 4 is 11.9 Å². The number of nitrogens with zero attached hydrogens (tertiary/aromatic N) is 1. The van der Waals surface area contributed by atoms with Crippen molar-refractivity contribution in [2.45, 2.75) is 69.6 Å². The van der Waals surface area contributed by atoms with Crippen LogP contribution in [0.2, 0.25) is 0 Å². The lowest BCUT2D eigenvalue weighted by Crippen LogP contribution is -2.60. The molecule has 2 fully saturated rings. The number of hydrogen-bond donors (Lipinski definition) is 1. The zero-order valence-corrected chi connectivity index (χ0v) is 21.3. The number of carboxylic acid groups (broad SMARTS) is 1. The lowest BCUT2D eigenvalue weighted by Gasteiger charge is -2.54. The molecule has 0 bridgehead atoms. The van der Waals surface area contributed by atoms with E-state index in [9.17, 15) is 14.7 Å². The standard InChI is InChI=1S/C29H35NO6/c1-19-9-10-23(34-3)20(15-19)16-25(31)30-14-6-12-29(30)17-22-27(35-18-29)21-7-4-5-8-24(21)36-28(22,2)13-11-26(32)33/h4-5,7-10,15,22,27H,6,11-14,16-18H2,1-3H3,(H,32,33)/t22-,27+,28+,29+/m1/s1. The highest BCUT2D eigenvalue weighted by Gasteiger charge is 2.57. The van der Waals surface area contributed by atoms with Crippen LogP contribution in [-0.2, 0) is 20.7 Å². The Morgan fingerprint density at radius 1 is 1.22 bits per heavy atom. The van der Waals surface area contributed by atoms with E-state index >= 15 is 0 Å². The molecular weight excluding hydrogens is 458 g/mol. The van der Waals surface area contributed by atoms with Gasteiger partial charge in [-0.3, -0.25) is 9.59 Å². The van der Waals surface area contributed by atoms with Crippen molar-refractivity contribution in [1.82, 2.24) is 4.90 Å². The SMILES string of the molecule is COc1ccc(C)cc1CC(=O)N1CCC[C@]12CO[C@H]1c3ccccc3O[C@@](C)(CCC(=O)O)[C@@H]1C2. The van der Waals surface area contributed by atoms with Crippen LogP contribution < -0.4 is 9.47 Å². The summed E-state index contributed by atoms with van der Waals surface area (Å²) in [5.74, 6) is 0.644. The molecule has 1 spiro atoms. The number of carboxylic acids is 1. The topological polar surface area (TPSA) is 85.3 Å². The Bertz CT molecular complexity index is 1160. The number of amides is 1. The van der Waals surface area contributed by atoms with Crippen LogP contribution in [0.25, 0.3) is 0 Å². The van der Waals surface area contributed by atoms with Crippen molar-refractivity contribution in [3.8, 4) is 11.5 Å².